The Morgan fingerprint density at radius 2 is 2.10 bits per heavy atom. The molecule has 2 heterocycles. The summed E-state index contributed by atoms with van der Waals surface area (Å²) in [5.41, 5.74) is 7.17. The summed E-state index contributed by atoms with van der Waals surface area (Å²) in [5, 5.41) is 18.1. The average molecular weight is 403 g/mol. The lowest BCUT2D eigenvalue weighted by molar-refractivity contribution is 0.0766. The highest BCUT2D eigenvalue weighted by atomic mass is 16.4. The molecule has 0 radical (unpaired) electrons. The smallest absolute Gasteiger partial charge is 0.254 e. The molecule has 0 spiro atoms. The maximum absolute atomic E-state index is 13.3. The van der Waals surface area contributed by atoms with Crippen LogP contribution in [0.2, 0.25) is 0 Å². The first-order chi connectivity index (χ1) is 14.5. The molecule has 1 aliphatic heterocycles. The van der Waals surface area contributed by atoms with E-state index < -0.39 is 11.5 Å². The van der Waals surface area contributed by atoms with Crippen molar-refractivity contribution in [1.82, 2.24) is 15.1 Å². The van der Waals surface area contributed by atoms with Crippen LogP contribution < -0.4 is 5.73 Å². The summed E-state index contributed by atoms with van der Waals surface area (Å²) in [6, 6.07) is 7.40. The van der Waals surface area contributed by atoms with Crippen molar-refractivity contribution in [3.63, 3.8) is 0 Å². The molecule has 2 aliphatic rings. The minimum atomic E-state index is -0.606. The van der Waals surface area contributed by atoms with Gasteiger partial charge in [-0.3, -0.25) is 4.79 Å². The summed E-state index contributed by atoms with van der Waals surface area (Å²) < 4.78 is 5.73. The van der Waals surface area contributed by atoms with E-state index in [1.165, 1.54) is 0 Å². The molecule has 7 nitrogen and oxygen atoms in total. The van der Waals surface area contributed by atoms with Crippen molar-refractivity contribution in [3.05, 3.63) is 35.2 Å². The number of likely N-dealkylation sites (tertiary alicyclic amines) is 1. The third-order valence-electron chi connectivity index (χ3n) is 6.19. The summed E-state index contributed by atoms with van der Waals surface area (Å²) in [7, 11) is 0. The van der Waals surface area contributed by atoms with Crippen LogP contribution in [0.25, 0.3) is 11.5 Å². The van der Waals surface area contributed by atoms with E-state index in [9.17, 15) is 10.1 Å². The summed E-state index contributed by atoms with van der Waals surface area (Å²) in [6.45, 7) is 2.39. The van der Waals surface area contributed by atoms with Crippen LogP contribution in [0.3, 0.4) is 0 Å². The predicted molar refractivity (Wildman–Crippen MR) is 111 cm³/mol. The van der Waals surface area contributed by atoms with Crippen molar-refractivity contribution in [2.45, 2.75) is 62.9 Å². The van der Waals surface area contributed by atoms with Crippen LogP contribution in [0, 0.1) is 23.7 Å². The van der Waals surface area contributed by atoms with Gasteiger partial charge in [0.1, 0.15) is 0 Å². The van der Waals surface area contributed by atoms with Gasteiger partial charge in [-0.2, -0.15) is 5.26 Å². The van der Waals surface area contributed by atoms with Crippen LogP contribution in [0.4, 0.5) is 0 Å². The van der Waals surface area contributed by atoms with Gasteiger partial charge in [0.05, 0.1) is 23.6 Å². The number of carbonyl (C=O) groups is 1. The fourth-order valence-corrected chi connectivity index (χ4v) is 4.48. The third-order valence-corrected chi connectivity index (χ3v) is 6.19. The lowest BCUT2D eigenvalue weighted by Crippen LogP contribution is -2.35. The third kappa shape index (κ3) is 3.46. The molecule has 2 atom stereocenters. The SMILES string of the molecule is C#CC1CCCN1C(=O)c1cc(-c2nnc(C(C)N)o2)cc(C2(C#N)CCCC2)c1. The molecule has 1 saturated heterocycles. The van der Waals surface area contributed by atoms with Gasteiger partial charge in [-0.05, 0) is 56.4 Å². The molecule has 1 aromatic carbocycles. The fourth-order valence-electron chi connectivity index (χ4n) is 4.48. The first-order valence-corrected chi connectivity index (χ1v) is 10.4. The number of nitrogens with zero attached hydrogens (tertiary/aromatic N) is 4. The van der Waals surface area contributed by atoms with Crippen LogP contribution in [-0.2, 0) is 5.41 Å². The second kappa shape index (κ2) is 7.93. The Kier molecular flexibility index (Phi) is 5.32. The van der Waals surface area contributed by atoms with Gasteiger partial charge in [0, 0.05) is 17.7 Å². The molecular formula is C23H25N5O2. The second-order valence-corrected chi connectivity index (χ2v) is 8.26. The van der Waals surface area contributed by atoms with Crippen molar-refractivity contribution in [3.8, 4) is 29.9 Å². The van der Waals surface area contributed by atoms with Gasteiger partial charge >= 0.3 is 0 Å². The minimum Gasteiger partial charge on any atom is -0.419 e. The topological polar surface area (TPSA) is 109 Å². The van der Waals surface area contributed by atoms with Gasteiger partial charge in [-0.15, -0.1) is 16.6 Å². The molecule has 1 saturated carbocycles. The second-order valence-electron chi connectivity index (χ2n) is 8.26. The number of aromatic nitrogens is 2. The van der Waals surface area contributed by atoms with E-state index >= 15 is 0 Å². The van der Waals surface area contributed by atoms with E-state index in [-0.39, 0.29) is 11.9 Å². The zero-order chi connectivity index (χ0) is 21.3. The van der Waals surface area contributed by atoms with Crippen molar-refractivity contribution >= 4 is 5.91 Å². The Bertz CT molecular complexity index is 1040. The first-order valence-electron chi connectivity index (χ1n) is 10.4. The van der Waals surface area contributed by atoms with Gasteiger partial charge in [0.15, 0.2) is 0 Å². The fraction of sp³-hybridized carbons (Fsp3) is 0.478. The number of hydrogen-bond donors (Lipinski definition) is 1. The van der Waals surface area contributed by atoms with Gasteiger partial charge in [0.25, 0.3) is 5.91 Å². The summed E-state index contributed by atoms with van der Waals surface area (Å²) in [4.78, 5) is 15.1. The van der Waals surface area contributed by atoms with Crippen molar-refractivity contribution < 1.29 is 9.21 Å². The Hall–Kier alpha value is -3.16. The molecule has 0 bridgehead atoms. The van der Waals surface area contributed by atoms with Gasteiger partial charge in [-0.25, -0.2) is 0 Å². The standard InChI is InChI=1S/C23H25N5O2/c1-3-19-7-6-10-28(19)22(29)17-11-16(21-27-26-20(30-21)15(2)25)12-18(13-17)23(14-24)8-4-5-9-23/h1,11-13,15,19H,4-10,25H2,2H3. The molecule has 2 fully saturated rings. The number of amides is 1. The number of rotatable bonds is 4. The molecular weight excluding hydrogens is 378 g/mol. The maximum Gasteiger partial charge on any atom is 0.254 e. The molecule has 1 aliphatic carbocycles. The number of carbonyl (C=O) groups excluding carboxylic acids is 1. The average Bonchev–Trinajstić information content (AvgIpc) is 3.53. The van der Waals surface area contributed by atoms with Gasteiger partial charge < -0.3 is 15.1 Å². The molecule has 30 heavy (non-hydrogen) atoms. The molecule has 2 N–H and O–H groups in total. The van der Waals surface area contributed by atoms with Crippen LogP contribution in [0.5, 0.6) is 0 Å². The van der Waals surface area contributed by atoms with Crippen molar-refractivity contribution in [1.29, 1.82) is 5.26 Å². The van der Waals surface area contributed by atoms with E-state index in [4.69, 9.17) is 16.6 Å². The van der Waals surface area contributed by atoms with Crippen molar-refractivity contribution in [2.24, 2.45) is 5.73 Å². The van der Waals surface area contributed by atoms with E-state index in [1.54, 1.807) is 17.9 Å². The van der Waals surface area contributed by atoms with E-state index in [0.29, 0.717) is 29.5 Å². The highest BCUT2D eigenvalue weighted by molar-refractivity contribution is 5.96. The zero-order valence-electron chi connectivity index (χ0n) is 17.1. The first kappa shape index (κ1) is 20.1. The largest absolute Gasteiger partial charge is 0.419 e. The van der Waals surface area contributed by atoms with E-state index in [1.807, 2.05) is 12.1 Å². The number of nitriles is 1. The normalized spacial score (nSPS) is 21.2. The molecule has 7 heteroatoms. The van der Waals surface area contributed by atoms with Gasteiger partial charge in [0.2, 0.25) is 11.8 Å². The molecule has 1 aromatic heterocycles. The van der Waals surface area contributed by atoms with Crippen LogP contribution in [0.1, 0.15) is 73.3 Å². The van der Waals surface area contributed by atoms with Crippen LogP contribution >= 0.6 is 0 Å². The zero-order valence-corrected chi connectivity index (χ0v) is 17.1. The maximum atomic E-state index is 13.3. The number of terminal acetylenes is 1. The molecule has 2 aromatic rings. The van der Waals surface area contributed by atoms with Crippen LogP contribution in [-0.4, -0.2) is 33.6 Å². The Morgan fingerprint density at radius 3 is 2.73 bits per heavy atom. The van der Waals surface area contributed by atoms with Crippen molar-refractivity contribution in [2.75, 3.05) is 6.54 Å². The highest BCUT2D eigenvalue weighted by Crippen LogP contribution is 2.42. The lowest BCUT2D eigenvalue weighted by atomic mass is 9.79. The summed E-state index contributed by atoms with van der Waals surface area (Å²) >= 11 is 0. The number of nitrogens with two attached hydrogens (primary N) is 1. The highest BCUT2D eigenvalue weighted by Gasteiger charge is 2.37. The minimum absolute atomic E-state index is 0.128. The molecule has 154 valence electrons. The molecule has 2 unspecified atom stereocenters. The van der Waals surface area contributed by atoms with Crippen LogP contribution in [0.15, 0.2) is 22.6 Å². The quantitative estimate of drug-likeness (QED) is 0.784. The summed E-state index contributed by atoms with van der Waals surface area (Å²) in [6.07, 6.45) is 10.8. The lowest BCUT2D eigenvalue weighted by Gasteiger charge is -2.24. The molecule has 4 rings (SSSR count). The predicted octanol–water partition coefficient (Wildman–Crippen LogP) is 3.33. The van der Waals surface area contributed by atoms with Gasteiger partial charge in [-0.1, -0.05) is 18.8 Å². The number of hydrogen-bond acceptors (Lipinski definition) is 6. The van der Waals surface area contributed by atoms with E-state index in [0.717, 1.165) is 44.1 Å². The monoisotopic (exact) mass is 403 g/mol. The summed E-state index contributed by atoms with van der Waals surface area (Å²) in [5.74, 6) is 3.20. The Balaban J connectivity index is 1.81. The Labute approximate surface area is 176 Å². The number of benzene rings is 1. The molecule has 1 amide bonds. The van der Waals surface area contributed by atoms with E-state index in [2.05, 4.69) is 22.2 Å². The Morgan fingerprint density at radius 1 is 1.33 bits per heavy atom.